The van der Waals surface area contributed by atoms with Crippen molar-refractivity contribution in [1.82, 2.24) is 0 Å². The molecular formula is C18H17N2O2S2+. The lowest BCUT2D eigenvalue weighted by Gasteiger charge is -2.27. The Morgan fingerprint density at radius 1 is 1.00 bits per heavy atom. The fraction of sp³-hybridized carbons (Fsp3) is 0.167. The summed E-state index contributed by atoms with van der Waals surface area (Å²) < 4.78 is 28.5. The van der Waals surface area contributed by atoms with Gasteiger partial charge in [0.15, 0.2) is 5.51 Å². The van der Waals surface area contributed by atoms with Gasteiger partial charge in [-0.1, -0.05) is 41.7 Å². The van der Waals surface area contributed by atoms with Crippen LogP contribution in [0.25, 0.3) is 5.69 Å². The Kier molecular flexibility index (Phi) is 3.47. The Morgan fingerprint density at radius 2 is 1.67 bits per heavy atom. The molecule has 4 nitrogen and oxygen atoms in total. The first-order chi connectivity index (χ1) is 11.5. The topological polar surface area (TPSA) is 41.3 Å². The summed E-state index contributed by atoms with van der Waals surface area (Å²) in [5, 5.41) is 0. The van der Waals surface area contributed by atoms with Crippen molar-refractivity contribution in [3.05, 3.63) is 60.1 Å². The molecule has 1 aliphatic heterocycles. The second-order valence-corrected chi connectivity index (χ2v) is 8.94. The first-order valence-electron chi connectivity index (χ1n) is 7.73. The van der Waals surface area contributed by atoms with E-state index in [2.05, 4.69) is 18.7 Å². The van der Waals surface area contributed by atoms with E-state index in [1.807, 2.05) is 52.5 Å². The zero-order valence-corrected chi connectivity index (χ0v) is 15.0. The highest BCUT2D eigenvalue weighted by Crippen LogP contribution is 2.45. The number of thiazole rings is 1. The third-order valence-electron chi connectivity index (χ3n) is 4.11. The van der Waals surface area contributed by atoms with Crippen LogP contribution in [-0.2, 0) is 9.84 Å². The van der Waals surface area contributed by atoms with Crippen molar-refractivity contribution in [2.24, 2.45) is 0 Å². The van der Waals surface area contributed by atoms with E-state index in [1.165, 1.54) is 11.3 Å². The molecule has 0 aliphatic carbocycles. The van der Waals surface area contributed by atoms with E-state index in [0.29, 0.717) is 9.10 Å². The van der Waals surface area contributed by atoms with Crippen molar-refractivity contribution in [3.8, 4) is 5.69 Å². The molecule has 0 N–H and O–H groups in total. The highest BCUT2D eigenvalue weighted by molar-refractivity contribution is 7.93. The van der Waals surface area contributed by atoms with Crippen molar-refractivity contribution >= 4 is 32.7 Å². The van der Waals surface area contributed by atoms with Gasteiger partial charge >= 0.3 is 5.82 Å². The van der Waals surface area contributed by atoms with E-state index >= 15 is 0 Å². The van der Waals surface area contributed by atoms with E-state index in [0.717, 1.165) is 17.2 Å². The minimum absolute atomic E-state index is 0.130. The van der Waals surface area contributed by atoms with Gasteiger partial charge in [-0.25, -0.2) is 13.3 Å². The van der Waals surface area contributed by atoms with Crippen LogP contribution < -0.4 is 9.47 Å². The SMILES string of the molecule is CC(C)N1c2ccccc2S(=O)(=O)c2sc[n+](-c3ccccc3)c21. The third-order valence-corrected chi connectivity index (χ3v) is 7.37. The summed E-state index contributed by atoms with van der Waals surface area (Å²) >= 11 is 1.27. The summed E-state index contributed by atoms with van der Waals surface area (Å²) in [4.78, 5) is 2.49. The average molecular weight is 357 g/mol. The van der Waals surface area contributed by atoms with Gasteiger partial charge in [0.1, 0.15) is 16.3 Å². The number of benzene rings is 2. The van der Waals surface area contributed by atoms with Crippen LogP contribution in [0.2, 0.25) is 0 Å². The minimum Gasteiger partial charge on any atom is -0.222 e. The van der Waals surface area contributed by atoms with E-state index in [4.69, 9.17) is 0 Å². The van der Waals surface area contributed by atoms with Gasteiger partial charge < -0.3 is 0 Å². The maximum absolute atomic E-state index is 13.1. The quantitative estimate of drug-likeness (QED) is 0.657. The average Bonchev–Trinajstić information content (AvgIpc) is 3.01. The Hall–Kier alpha value is -2.18. The molecule has 0 radical (unpaired) electrons. The summed E-state index contributed by atoms with van der Waals surface area (Å²) in [6.45, 7) is 4.15. The van der Waals surface area contributed by atoms with Crippen LogP contribution in [-0.4, -0.2) is 14.5 Å². The van der Waals surface area contributed by atoms with E-state index in [1.54, 1.807) is 12.1 Å². The number of para-hydroxylation sites is 2. The monoisotopic (exact) mass is 357 g/mol. The van der Waals surface area contributed by atoms with Gasteiger partial charge in [-0.3, -0.25) is 0 Å². The number of rotatable bonds is 2. The van der Waals surface area contributed by atoms with E-state index in [-0.39, 0.29) is 6.04 Å². The van der Waals surface area contributed by atoms with Crippen molar-refractivity contribution in [1.29, 1.82) is 0 Å². The lowest BCUT2D eigenvalue weighted by Crippen LogP contribution is -2.42. The Morgan fingerprint density at radius 3 is 2.38 bits per heavy atom. The van der Waals surface area contributed by atoms with Crippen molar-refractivity contribution in [3.63, 3.8) is 0 Å². The molecule has 1 aromatic heterocycles. The van der Waals surface area contributed by atoms with Crippen LogP contribution >= 0.6 is 11.3 Å². The molecule has 0 saturated carbocycles. The van der Waals surface area contributed by atoms with Gasteiger partial charge in [0.25, 0.3) is 0 Å². The van der Waals surface area contributed by atoms with Crippen molar-refractivity contribution < 1.29 is 13.0 Å². The molecule has 122 valence electrons. The number of anilines is 2. The molecule has 3 aromatic rings. The van der Waals surface area contributed by atoms with Crippen LogP contribution in [0.5, 0.6) is 0 Å². The molecular weight excluding hydrogens is 340 g/mol. The zero-order valence-electron chi connectivity index (χ0n) is 13.4. The predicted octanol–water partition coefficient (Wildman–Crippen LogP) is 3.72. The third kappa shape index (κ3) is 2.10. The molecule has 24 heavy (non-hydrogen) atoms. The number of hydrogen-bond donors (Lipinski definition) is 0. The van der Waals surface area contributed by atoms with Gasteiger partial charge in [-0.05, 0) is 38.1 Å². The van der Waals surface area contributed by atoms with E-state index < -0.39 is 9.84 Å². The molecule has 0 saturated heterocycles. The molecule has 0 amide bonds. The van der Waals surface area contributed by atoms with Crippen LogP contribution in [0.3, 0.4) is 0 Å². The van der Waals surface area contributed by atoms with Gasteiger partial charge in [-0.2, -0.15) is 4.57 Å². The number of hydrogen-bond acceptors (Lipinski definition) is 4. The molecule has 6 heteroatoms. The van der Waals surface area contributed by atoms with Crippen molar-refractivity contribution in [2.45, 2.75) is 29.0 Å². The fourth-order valence-corrected chi connectivity index (χ4v) is 6.06. The molecule has 2 aromatic carbocycles. The lowest BCUT2D eigenvalue weighted by molar-refractivity contribution is -0.578. The minimum atomic E-state index is -3.50. The number of nitrogens with zero attached hydrogens (tertiary/aromatic N) is 2. The lowest BCUT2D eigenvalue weighted by atomic mass is 10.2. The second-order valence-electron chi connectivity index (χ2n) is 5.97. The molecule has 0 unspecified atom stereocenters. The normalized spacial score (nSPS) is 15.2. The van der Waals surface area contributed by atoms with Gasteiger partial charge in [-0.15, -0.1) is 0 Å². The predicted molar refractivity (Wildman–Crippen MR) is 95.0 cm³/mol. The zero-order chi connectivity index (χ0) is 16.9. The first-order valence-corrected chi connectivity index (χ1v) is 10.1. The standard InChI is InChI=1S/C18H17N2O2S2/c1-13(2)20-15-10-6-7-11-16(15)24(21,22)18-17(20)19(12-23-18)14-8-4-3-5-9-14/h3-13H,1-2H3/q+1. The summed E-state index contributed by atoms with van der Waals surface area (Å²) in [6, 6.07) is 17.2. The Balaban J connectivity index is 2.06. The maximum atomic E-state index is 13.1. The fourth-order valence-electron chi connectivity index (χ4n) is 3.09. The largest absolute Gasteiger partial charge is 0.317 e. The molecule has 0 atom stereocenters. The maximum Gasteiger partial charge on any atom is 0.317 e. The van der Waals surface area contributed by atoms with Crippen LogP contribution in [0.15, 0.2) is 69.2 Å². The Labute approximate surface area is 145 Å². The second kappa shape index (κ2) is 5.43. The summed E-state index contributed by atoms with van der Waals surface area (Å²) in [5.41, 5.74) is 3.57. The Bertz CT molecular complexity index is 1010. The molecule has 0 spiro atoms. The van der Waals surface area contributed by atoms with Crippen LogP contribution in [0, 0.1) is 0 Å². The smallest absolute Gasteiger partial charge is 0.222 e. The molecule has 2 heterocycles. The molecule has 4 rings (SSSR count). The number of sulfone groups is 1. The summed E-state index contributed by atoms with van der Waals surface area (Å²) in [6.07, 6.45) is 0. The van der Waals surface area contributed by atoms with Gasteiger partial charge in [0, 0.05) is 0 Å². The first kappa shape index (κ1) is 15.4. The summed E-state index contributed by atoms with van der Waals surface area (Å²) in [5.74, 6) is 0.722. The molecule has 0 fully saturated rings. The van der Waals surface area contributed by atoms with Gasteiger partial charge in [0.2, 0.25) is 14.0 Å². The van der Waals surface area contributed by atoms with E-state index in [9.17, 15) is 8.42 Å². The van der Waals surface area contributed by atoms with Crippen LogP contribution in [0.1, 0.15) is 13.8 Å². The highest BCUT2D eigenvalue weighted by Gasteiger charge is 2.45. The molecule has 0 bridgehead atoms. The molecule has 1 aliphatic rings. The van der Waals surface area contributed by atoms with Gasteiger partial charge in [0.05, 0.1) is 6.04 Å². The number of fused-ring (bicyclic) bond motifs is 2. The van der Waals surface area contributed by atoms with Crippen LogP contribution in [0.4, 0.5) is 11.5 Å². The highest BCUT2D eigenvalue weighted by atomic mass is 32.2. The number of aromatic nitrogens is 1. The van der Waals surface area contributed by atoms with Crippen molar-refractivity contribution in [2.75, 3.05) is 4.90 Å². The summed E-state index contributed by atoms with van der Waals surface area (Å²) in [7, 11) is -3.50.